The van der Waals surface area contributed by atoms with Gasteiger partial charge in [-0.15, -0.1) is 0 Å². The molecular weight excluding hydrogens is 478 g/mol. The van der Waals surface area contributed by atoms with Crippen molar-refractivity contribution in [3.8, 4) is 28.3 Å². The third-order valence-corrected chi connectivity index (χ3v) is 6.54. The lowest BCUT2D eigenvalue weighted by Gasteiger charge is -2.12. The van der Waals surface area contributed by atoms with Crippen LogP contribution in [0.2, 0.25) is 5.02 Å². The van der Waals surface area contributed by atoms with Crippen LogP contribution in [0.5, 0.6) is 5.75 Å². The fourth-order valence-electron chi connectivity index (χ4n) is 3.72. The number of imidazole rings is 1. The Kier molecular flexibility index (Phi) is 8.87. The van der Waals surface area contributed by atoms with Crippen molar-refractivity contribution in [2.24, 2.45) is 0 Å². The van der Waals surface area contributed by atoms with Crippen molar-refractivity contribution in [2.75, 3.05) is 18.9 Å². The van der Waals surface area contributed by atoms with Crippen molar-refractivity contribution in [3.05, 3.63) is 90.0 Å². The van der Waals surface area contributed by atoms with E-state index >= 15 is 0 Å². The molecule has 0 aliphatic heterocycles. The number of halogens is 1. The SMILES string of the molecule is CCCn1c(SCCNC(=O)COc2ccc(Cl)cc2)nc(-c2ccccc2)c1-c1ccccc1. The summed E-state index contributed by atoms with van der Waals surface area (Å²) in [7, 11) is 0. The summed E-state index contributed by atoms with van der Waals surface area (Å²) in [5.74, 6) is 1.16. The molecule has 180 valence electrons. The van der Waals surface area contributed by atoms with E-state index in [0.29, 0.717) is 23.1 Å². The highest BCUT2D eigenvalue weighted by atomic mass is 35.5. The zero-order valence-electron chi connectivity index (χ0n) is 19.6. The maximum atomic E-state index is 12.2. The Hall–Kier alpha value is -3.22. The number of carbonyl (C=O) groups excluding carboxylic acids is 1. The number of aromatic nitrogens is 2. The molecule has 0 fully saturated rings. The molecule has 0 aliphatic rings. The van der Waals surface area contributed by atoms with Gasteiger partial charge < -0.3 is 14.6 Å². The van der Waals surface area contributed by atoms with Crippen LogP contribution in [0.1, 0.15) is 13.3 Å². The molecular formula is C28H28ClN3O2S. The Morgan fingerprint density at radius 3 is 2.29 bits per heavy atom. The molecule has 4 aromatic rings. The Labute approximate surface area is 215 Å². The van der Waals surface area contributed by atoms with Gasteiger partial charge in [-0.05, 0) is 30.7 Å². The molecule has 3 aromatic carbocycles. The smallest absolute Gasteiger partial charge is 0.257 e. The number of ether oxygens (including phenoxy) is 1. The summed E-state index contributed by atoms with van der Waals surface area (Å²) in [6, 6.07) is 27.6. The zero-order chi connectivity index (χ0) is 24.5. The normalized spacial score (nSPS) is 10.8. The van der Waals surface area contributed by atoms with Crippen LogP contribution in [0.3, 0.4) is 0 Å². The third-order valence-electron chi connectivity index (χ3n) is 5.31. The quantitative estimate of drug-likeness (QED) is 0.185. The van der Waals surface area contributed by atoms with E-state index in [1.807, 2.05) is 24.3 Å². The van der Waals surface area contributed by atoms with Crippen LogP contribution in [-0.4, -0.2) is 34.4 Å². The molecule has 35 heavy (non-hydrogen) atoms. The average molecular weight is 506 g/mol. The summed E-state index contributed by atoms with van der Waals surface area (Å²) in [5.41, 5.74) is 4.34. The summed E-state index contributed by atoms with van der Waals surface area (Å²) >= 11 is 7.53. The van der Waals surface area contributed by atoms with E-state index in [0.717, 1.165) is 40.6 Å². The van der Waals surface area contributed by atoms with E-state index in [1.165, 1.54) is 0 Å². The minimum atomic E-state index is -0.160. The predicted molar refractivity (Wildman–Crippen MR) is 144 cm³/mol. The van der Waals surface area contributed by atoms with E-state index in [-0.39, 0.29) is 12.5 Å². The number of nitrogens with zero attached hydrogens (tertiary/aromatic N) is 2. The summed E-state index contributed by atoms with van der Waals surface area (Å²) in [4.78, 5) is 17.3. The van der Waals surface area contributed by atoms with Crippen LogP contribution < -0.4 is 10.1 Å². The van der Waals surface area contributed by atoms with Crippen molar-refractivity contribution >= 4 is 29.3 Å². The molecule has 0 unspecified atom stereocenters. The van der Waals surface area contributed by atoms with Gasteiger partial charge in [0.05, 0.1) is 11.4 Å². The summed E-state index contributed by atoms with van der Waals surface area (Å²) in [6.45, 7) is 3.53. The Balaban J connectivity index is 1.44. The second-order valence-electron chi connectivity index (χ2n) is 7.92. The molecule has 0 aliphatic carbocycles. The molecule has 4 rings (SSSR count). The molecule has 1 heterocycles. The Morgan fingerprint density at radius 2 is 1.63 bits per heavy atom. The number of rotatable bonds is 11. The molecule has 0 saturated heterocycles. The number of amides is 1. The second-order valence-corrected chi connectivity index (χ2v) is 9.41. The van der Waals surface area contributed by atoms with Gasteiger partial charge in [-0.1, -0.05) is 91.0 Å². The maximum absolute atomic E-state index is 12.2. The average Bonchev–Trinajstić information content (AvgIpc) is 3.25. The lowest BCUT2D eigenvalue weighted by atomic mass is 10.0. The van der Waals surface area contributed by atoms with Gasteiger partial charge in [0.15, 0.2) is 11.8 Å². The minimum absolute atomic E-state index is 0.0347. The van der Waals surface area contributed by atoms with E-state index in [4.69, 9.17) is 21.3 Å². The molecule has 5 nitrogen and oxygen atoms in total. The van der Waals surface area contributed by atoms with Crippen LogP contribution in [0.15, 0.2) is 90.1 Å². The second kappa shape index (κ2) is 12.5. The highest BCUT2D eigenvalue weighted by Gasteiger charge is 2.20. The van der Waals surface area contributed by atoms with Gasteiger partial charge in [-0.25, -0.2) is 4.98 Å². The fraction of sp³-hybridized carbons (Fsp3) is 0.214. The van der Waals surface area contributed by atoms with Gasteiger partial charge in [0.25, 0.3) is 5.91 Å². The van der Waals surface area contributed by atoms with Crippen molar-refractivity contribution in [3.63, 3.8) is 0 Å². The molecule has 0 saturated carbocycles. The monoisotopic (exact) mass is 505 g/mol. The minimum Gasteiger partial charge on any atom is -0.484 e. The third kappa shape index (κ3) is 6.68. The highest BCUT2D eigenvalue weighted by molar-refractivity contribution is 7.99. The molecule has 1 amide bonds. The van der Waals surface area contributed by atoms with Crippen molar-refractivity contribution in [1.82, 2.24) is 14.9 Å². The van der Waals surface area contributed by atoms with Gasteiger partial charge in [0.2, 0.25) is 0 Å². The van der Waals surface area contributed by atoms with Crippen LogP contribution in [0.4, 0.5) is 0 Å². The number of nitrogens with one attached hydrogen (secondary N) is 1. The maximum Gasteiger partial charge on any atom is 0.257 e. The first-order valence-electron chi connectivity index (χ1n) is 11.6. The predicted octanol–water partition coefficient (Wildman–Crippen LogP) is 6.57. The first kappa shape index (κ1) is 24.9. The van der Waals surface area contributed by atoms with E-state index in [9.17, 15) is 4.79 Å². The largest absolute Gasteiger partial charge is 0.484 e. The van der Waals surface area contributed by atoms with Gasteiger partial charge in [-0.2, -0.15) is 0 Å². The van der Waals surface area contributed by atoms with Gasteiger partial charge in [-0.3, -0.25) is 4.79 Å². The first-order valence-corrected chi connectivity index (χ1v) is 13.0. The first-order chi connectivity index (χ1) is 17.2. The van der Waals surface area contributed by atoms with Gasteiger partial charge in [0, 0.05) is 35.0 Å². The van der Waals surface area contributed by atoms with Gasteiger partial charge >= 0.3 is 0 Å². The molecule has 0 atom stereocenters. The van der Waals surface area contributed by atoms with Crippen molar-refractivity contribution in [2.45, 2.75) is 25.0 Å². The molecule has 7 heteroatoms. The van der Waals surface area contributed by atoms with E-state index < -0.39 is 0 Å². The summed E-state index contributed by atoms with van der Waals surface area (Å²) in [5, 5.41) is 4.51. The molecule has 1 N–H and O–H groups in total. The van der Waals surface area contributed by atoms with Gasteiger partial charge in [0.1, 0.15) is 5.75 Å². The fourth-order valence-corrected chi connectivity index (χ4v) is 4.73. The number of thioether (sulfide) groups is 1. The molecule has 0 radical (unpaired) electrons. The van der Waals surface area contributed by atoms with Crippen molar-refractivity contribution < 1.29 is 9.53 Å². The standard InChI is InChI=1S/C28H28ClN3O2S/c1-2-18-32-27(22-11-7-4-8-12-22)26(21-9-5-3-6-10-21)31-28(32)35-19-17-30-25(33)20-34-24-15-13-23(29)14-16-24/h3-16H,2,17-20H2,1H3,(H,30,33). The number of hydrogen-bond donors (Lipinski definition) is 1. The Morgan fingerprint density at radius 1 is 0.971 bits per heavy atom. The molecule has 0 bridgehead atoms. The Bertz CT molecular complexity index is 1230. The molecule has 1 aromatic heterocycles. The van der Waals surface area contributed by atoms with Crippen molar-refractivity contribution in [1.29, 1.82) is 0 Å². The zero-order valence-corrected chi connectivity index (χ0v) is 21.2. The lowest BCUT2D eigenvalue weighted by molar-refractivity contribution is -0.122. The number of carbonyl (C=O) groups is 1. The lowest BCUT2D eigenvalue weighted by Crippen LogP contribution is -2.30. The number of hydrogen-bond acceptors (Lipinski definition) is 4. The van der Waals surface area contributed by atoms with Crippen LogP contribution in [0.25, 0.3) is 22.5 Å². The van der Waals surface area contributed by atoms with E-state index in [2.05, 4.69) is 53.2 Å². The topological polar surface area (TPSA) is 56.2 Å². The summed E-state index contributed by atoms with van der Waals surface area (Å²) in [6.07, 6.45) is 0.997. The molecule has 0 spiro atoms. The van der Waals surface area contributed by atoms with Crippen LogP contribution in [-0.2, 0) is 11.3 Å². The van der Waals surface area contributed by atoms with Crippen LogP contribution in [0, 0.1) is 0 Å². The summed E-state index contributed by atoms with van der Waals surface area (Å²) < 4.78 is 7.81. The highest BCUT2D eigenvalue weighted by Crippen LogP contribution is 2.36. The van der Waals surface area contributed by atoms with E-state index in [1.54, 1.807) is 36.0 Å². The van der Waals surface area contributed by atoms with Crippen LogP contribution >= 0.6 is 23.4 Å². The number of benzene rings is 3.